The number of H-pyrrole nitrogens is 1. The molecule has 14 nitrogen and oxygen atoms in total. The maximum absolute atomic E-state index is 16.2. The normalized spacial score (nSPS) is 25.5. The van der Waals surface area contributed by atoms with E-state index in [1.807, 2.05) is 18.2 Å². The number of aromatic amines is 1. The van der Waals surface area contributed by atoms with Crippen LogP contribution in [0.1, 0.15) is 101 Å². The number of hydrogen-bond acceptors (Lipinski definition) is 11. The van der Waals surface area contributed by atoms with Gasteiger partial charge in [0.25, 0.3) is 5.91 Å². The first-order valence-electron chi connectivity index (χ1n) is 22.3. The average Bonchev–Trinajstić information content (AvgIpc) is 3.66. The molecule has 2 N–H and O–H groups in total. The number of anilines is 2. The summed E-state index contributed by atoms with van der Waals surface area (Å²) in [7, 11) is 0. The van der Waals surface area contributed by atoms with E-state index in [4.69, 9.17) is 9.47 Å². The van der Waals surface area contributed by atoms with Gasteiger partial charge in [-0.15, -0.1) is 0 Å². The van der Waals surface area contributed by atoms with Gasteiger partial charge in [-0.05, 0) is 115 Å². The monoisotopic (exact) mass is 833 g/mol. The van der Waals surface area contributed by atoms with Crippen molar-refractivity contribution in [3.8, 4) is 17.1 Å². The van der Waals surface area contributed by atoms with Gasteiger partial charge in [0.15, 0.2) is 5.82 Å². The number of carbonyl (C=O) groups is 3. The lowest BCUT2D eigenvalue weighted by Gasteiger charge is -2.49. The minimum Gasteiger partial charge on any atom is -0.488 e. The van der Waals surface area contributed by atoms with Crippen LogP contribution in [0.3, 0.4) is 0 Å². The number of piperazine rings is 1. The predicted molar refractivity (Wildman–Crippen MR) is 228 cm³/mol. The average molecular weight is 834 g/mol. The Kier molecular flexibility index (Phi) is 10.2. The summed E-state index contributed by atoms with van der Waals surface area (Å²) < 4.78 is 29.2. The summed E-state index contributed by atoms with van der Waals surface area (Å²) >= 11 is 0. The van der Waals surface area contributed by atoms with Crippen molar-refractivity contribution in [3.05, 3.63) is 59.7 Å². The lowest BCUT2D eigenvalue weighted by Crippen LogP contribution is -2.60. The Morgan fingerprint density at radius 1 is 0.869 bits per heavy atom. The van der Waals surface area contributed by atoms with Crippen molar-refractivity contribution in [2.24, 2.45) is 5.92 Å². The number of imide groups is 1. The highest BCUT2D eigenvalue weighted by molar-refractivity contribution is 6.05. The van der Waals surface area contributed by atoms with Gasteiger partial charge in [0.1, 0.15) is 35.2 Å². The molecule has 6 aliphatic rings. The fourth-order valence-electron chi connectivity index (χ4n) is 10.3. The number of nitrogens with zero attached hydrogens (tertiary/aromatic N) is 7. The molecule has 4 aliphatic heterocycles. The molecule has 61 heavy (non-hydrogen) atoms. The zero-order valence-corrected chi connectivity index (χ0v) is 35.4. The maximum atomic E-state index is 16.2. The summed E-state index contributed by atoms with van der Waals surface area (Å²) in [5, 5.41) is 11.1. The molecule has 1 unspecified atom stereocenters. The molecular formula is C46H56FN9O5. The number of aromatic nitrogens is 4. The van der Waals surface area contributed by atoms with Crippen molar-refractivity contribution in [1.82, 2.24) is 35.3 Å². The van der Waals surface area contributed by atoms with Gasteiger partial charge in [0.05, 0.1) is 35.7 Å². The molecule has 2 aliphatic carbocycles. The van der Waals surface area contributed by atoms with Gasteiger partial charge in [0.2, 0.25) is 11.8 Å². The molecular weight excluding hydrogens is 778 g/mol. The van der Waals surface area contributed by atoms with Crippen molar-refractivity contribution in [1.29, 1.82) is 0 Å². The van der Waals surface area contributed by atoms with Crippen LogP contribution in [0.15, 0.2) is 42.7 Å². The third-order valence-electron chi connectivity index (χ3n) is 14.2. The number of benzene rings is 2. The van der Waals surface area contributed by atoms with Gasteiger partial charge in [-0.1, -0.05) is 0 Å². The highest BCUT2D eigenvalue weighted by Gasteiger charge is 2.43. The number of ether oxygens (including phenoxy) is 2. The number of rotatable bonds is 10. The second-order valence-corrected chi connectivity index (χ2v) is 19.1. The molecule has 0 bridgehead atoms. The van der Waals surface area contributed by atoms with Crippen LogP contribution in [0.4, 0.5) is 15.9 Å². The van der Waals surface area contributed by atoms with Crippen molar-refractivity contribution in [2.75, 3.05) is 49.1 Å². The van der Waals surface area contributed by atoms with Crippen molar-refractivity contribution in [2.45, 2.75) is 121 Å². The topological polar surface area (TPSA) is 149 Å². The van der Waals surface area contributed by atoms with Gasteiger partial charge in [0, 0.05) is 73.8 Å². The fraction of sp³-hybridized carbons (Fsp3) is 0.565. The van der Waals surface area contributed by atoms with Crippen LogP contribution < -0.4 is 19.9 Å². The minimum atomic E-state index is -0.768. The molecule has 322 valence electrons. The van der Waals surface area contributed by atoms with Crippen molar-refractivity contribution >= 4 is 40.1 Å². The van der Waals surface area contributed by atoms with Gasteiger partial charge < -0.3 is 24.2 Å². The Morgan fingerprint density at radius 3 is 2.41 bits per heavy atom. The van der Waals surface area contributed by atoms with E-state index in [1.165, 1.54) is 4.90 Å². The third-order valence-corrected chi connectivity index (χ3v) is 14.2. The molecule has 2 aromatic heterocycles. The van der Waals surface area contributed by atoms with E-state index in [9.17, 15) is 14.4 Å². The number of piperidine rings is 2. The minimum absolute atomic E-state index is 0.0291. The molecule has 15 heteroatoms. The Morgan fingerprint density at radius 2 is 1.66 bits per heavy atom. The molecule has 3 saturated heterocycles. The van der Waals surface area contributed by atoms with Gasteiger partial charge in [-0.3, -0.25) is 29.7 Å². The molecule has 5 fully saturated rings. The fourth-order valence-corrected chi connectivity index (χ4v) is 10.3. The Balaban J connectivity index is 0.690. The van der Waals surface area contributed by atoms with Gasteiger partial charge in [-0.25, -0.2) is 14.4 Å². The first kappa shape index (κ1) is 40.0. The van der Waals surface area contributed by atoms with E-state index in [2.05, 4.69) is 67.0 Å². The number of fused-ring (bicyclic) bond motifs is 2. The number of halogens is 1. The standard InChI is InChI=1S/C46H56FN9O5/c1-45(2)26-54(37-11-9-32-34(41(37)47)25-56(44(32)59)38-12-13-40(57)50-43(38)58)20-21-55(45)24-28-4-6-29(7-5-28)60-30-14-18-53(19-15-30)39-23-36(48-27-49-39)42-33-22-31(61-46(3)16-17-46)8-10-35(33)51-52-42/h8-11,22-23,27-30,38H,4-7,12-21,24-26H2,1-3H3,(H,51,52)(H,50,57,58)/t28-,29-,38?. The number of hydrogen-bond donors (Lipinski definition) is 2. The Bertz CT molecular complexity index is 2350. The van der Waals surface area contributed by atoms with Crippen LogP contribution in [0, 0.1) is 11.7 Å². The van der Waals surface area contributed by atoms with Crippen molar-refractivity contribution < 1.29 is 28.2 Å². The molecule has 10 rings (SSSR count). The highest BCUT2D eigenvalue weighted by atomic mass is 19.1. The van der Waals surface area contributed by atoms with Crippen LogP contribution in [0.5, 0.6) is 5.75 Å². The second-order valence-electron chi connectivity index (χ2n) is 19.1. The first-order valence-corrected chi connectivity index (χ1v) is 22.3. The third kappa shape index (κ3) is 7.95. The van der Waals surface area contributed by atoms with Gasteiger partial charge in [-0.2, -0.15) is 5.10 Å². The molecule has 4 aromatic rings. The Hall–Kier alpha value is -5.15. The second kappa shape index (κ2) is 15.6. The van der Waals surface area contributed by atoms with E-state index in [-0.39, 0.29) is 60.4 Å². The first-order chi connectivity index (χ1) is 29.4. The number of amides is 3. The summed E-state index contributed by atoms with van der Waals surface area (Å²) in [5.41, 5.74) is 3.45. The SMILES string of the molecule is CC1(Oc2ccc3[nH]nc(-c4cc(N5CCC(O[C@H]6CC[C@H](CN7CCN(c8ccc9c(c8F)CN(C8CCC(=O)NC8=O)C9=O)CC7(C)C)CC6)CC5)ncn4)c3c2)CC1. The largest absolute Gasteiger partial charge is 0.488 e. The summed E-state index contributed by atoms with van der Waals surface area (Å²) in [6.45, 7) is 11.6. The van der Waals surface area contributed by atoms with Crippen molar-refractivity contribution in [3.63, 3.8) is 0 Å². The summed E-state index contributed by atoms with van der Waals surface area (Å²) in [6, 6.07) is 10.8. The number of nitrogens with one attached hydrogen (secondary N) is 2. The molecule has 2 saturated carbocycles. The van der Waals surface area contributed by atoms with Crippen LogP contribution in [-0.2, 0) is 20.9 Å². The quantitative estimate of drug-likeness (QED) is 0.182. The van der Waals surface area contributed by atoms with Crippen LogP contribution >= 0.6 is 0 Å². The molecule has 6 heterocycles. The number of carbonyl (C=O) groups excluding carboxylic acids is 3. The maximum Gasteiger partial charge on any atom is 0.255 e. The van der Waals surface area contributed by atoms with Gasteiger partial charge >= 0.3 is 0 Å². The lowest BCUT2D eigenvalue weighted by atomic mass is 9.85. The predicted octanol–water partition coefficient (Wildman–Crippen LogP) is 6.00. The van der Waals surface area contributed by atoms with E-state index in [0.29, 0.717) is 35.8 Å². The summed E-state index contributed by atoms with van der Waals surface area (Å²) in [5.74, 6) is 0.773. The molecule has 0 spiro atoms. The highest BCUT2D eigenvalue weighted by Crippen LogP contribution is 2.41. The smallest absolute Gasteiger partial charge is 0.255 e. The van der Waals surface area contributed by atoms with Crippen LogP contribution in [-0.4, -0.2) is 116 Å². The Labute approximate surface area is 355 Å². The summed E-state index contributed by atoms with van der Waals surface area (Å²) in [4.78, 5) is 55.1. The zero-order chi connectivity index (χ0) is 42.0. The summed E-state index contributed by atoms with van der Waals surface area (Å²) in [6.07, 6.45) is 11.1. The van der Waals surface area contributed by atoms with E-state index >= 15 is 4.39 Å². The van der Waals surface area contributed by atoms with E-state index < -0.39 is 11.9 Å². The van der Waals surface area contributed by atoms with E-state index in [0.717, 1.165) is 111 Å². The molecule has 3 amide bonds. The molecule has 0 radical (unpaired) electrons. The van der Waals surface area contributed by atoms with Crippen LogP contribution in [0.25, 0.3) is 22.3 Å². The molecule has 2 aromatic carbocycles. The zero-order valence-electron chi connectivity index (χ0n) is 35.4. The lowest BCUT2D eigenvalue weighted by molar-refractivity contribution is -0.136. The van der Waals surface area contributed by atoms with E-state index in [1.54, 1.807) is 18.5 Å². The van der Waals surface area contributed by atoms with Crippen LogP contribution in [0.2, 0.25) is 0 Å². The molecule has 1 atom stereocenters.